The summed E-state index contributed by atoms with van der Waals surface area (Å²) in [6.07, 6.45) is 0.817. The number of azide groups is 1. The minimum Gasteiger partial charge on any atom is -0.359 e. The Hall–Kier alpha value is -1.22. The zero-order valence-corrected chi connectivity index (χ0v) is 7.61. The first-order valence-corrected chi connectivity index (χ1v) is 3.93. The van der Waals surface area contributed by atoms with E-state index in [9.17, 15) is 4.79 Å². The first-order valence-electron chi connectivity index (χ1n) is 3.93. The first-order chi connectivity index (χ1) is 5.67. The van der Waals surface area contributed by atoms with Gasteiger partial charge in [-0.15, -0.1) is 0 Å². The Labute approximate surface area is 71.8 Å². The van der Waals surface area contributed by atoms with Crippen LogP contribution in [0.25, 0.3) is 10.4 Å². The Morgan fingerprint density at radius 1 is 1.75 bits per heavy atom. The molecule has 0 saturated carbocycles. The lowest BCUT2D eigenvalue weighted by molar-refractivity contribution is -0.122. The van der Waals surface area contributed by atoms with Crippen LogP contribution in [0, 0.1) is 5.92 Å². The highest BCUT2D eigenvalue weighted by Crippen LogP contribution is 2.11. The summed E-state index contributed by atoms with van der Waals surface area (Å²) < 4.78 is 0. The second-order valence-corrected chi connectivity index (χ2v) is 2.65. The number of hydrogen-bond acceptors (Lipinski definition) is 2. The SMILES string of the molecule is CC[C@H](C)C(N=[N+]=[N-])C(=O)NC. The van der Waals surface area contributed by atoms with Gasteiger partial charge in [0.05, 0.1) is 0 Å². The predicted octanol–water partition coefficient (Wildman–Crippen LogP) is 1.46. The number of likely N-dealkylation sites (N-methyl/N-ethyl adjacent to an activating group) is 1. The summed E-state index contributed by atoms with van der Waals surface area (Å²) in [6, 6.07) is -0.579. The predicted molar refractivity (Wildman–Crippen MR) is 46.5 cm³/mol. The summed E-state index contributed by atoms with van der Waals surface area (Å²) in [7, 11) is 1.53. The van der Waals surface area contributed by atoms with E-state index in [0.717, 1.165) is 6.42 Å². The highest BCUT2D eigenvalue weighted by atomic mass is 16.2. The average molecular weight is 170 g/mol. The first kappa shape index (κ1) is 10.8. The highest BCUT2D eigenvalue weighted by molar-refractivity contribution is 5.81. The Morgan fingerprint density at radius 2 is 2.33 bits per heavy atom. The third kappa shape index (κ3) is 2.80. The molecule has 0 radical (unpaired) electrons. The molecule has 5 heteroatoms. The van der Waals surface area contributed by atoms with Crippen LogP contribution in [0.15, 0.2) is 5.11 Å². The fraction of sp³-hybridized carbons (Fsp3) is 0.857. The van der Waals surface area contributed by atoms with Crippen molar-refractivity contribution >= 4 is 5.91 Å². The normalized spacial score (nSPS) is 14.2. The number of carbonyl (C=O) groups is 1. The Morgan fingerprint density at radius 3 is 2.67 bits per heavy atom. The molecule has 0 aliphatic heterocycles. The molecule has 0 bridgehead atoms. The lowest BCUT2D eigenvalue weighted by Gasteiger charge is -2.15. The van der Waals surface area contributed by atoms with E-state index < -0.39 is 6.04 Å². The molecule has 5 nitrogen and oxygen atoms in total. The van der Waals surface area contributed by atoms with Gasteiger partial charge in [0.2, 0.25) is 5.91 Å². The van der Waals surface area contributed by atoms with Crippen molar-refractivity contribution in [1.29, 1.82) is 0 Å². The van der Waals surface area contributed by atoms with E-state index in [2.05, 4.69) is 15.3 Å². The summed E-state index contributed by atoms with van der Waals surface area (Å²) in [5.41, 5.74) is 8.20. The highest BCUT2D eigenvalue weighted by Gasteiger charge is 2.20. The van der Waals surface area contributed by atoms with Gasteiger partial charge < -0.3 is 5.32 Å². The van der Waals surface area contributed by atoms with Gasteiger partial charge in [0.15, 0.2) is 0 Å². The standard InChI is InChI=1S/C7H14N4O/c1-4-5(2)6(10-11-8)7(12)9-3/h5-6H,4H2,1-3H3,(H,9,12)/t5-,6?/m0/s1. The van der Waals surface area contributed by atoms with Crippen molar-refractivity contribution in [2.45, 2.75) is 26.3 Å². The monoisotopic (exact) mass is 170 g/mol. The molecule has 0 saturated heterocycles. The Balaban J connectivity index is 4.42. The van der Waals surface area contributed by atoms with Crippen molar-refractivity contribution in [2.75, 3.05) is 7.05 Å². The van der Waals surface area contributed by atoms with Crippen molar-refractivity contribution in [2.24, 2.45) is 11.0 Å². The van der Waals surface area contributed by atoms with E-state index in [1.807, 2.05) is 13.8 Å². The van der Waals surface area contributed by atoms with Crippen LogP contribution in [0.4, 0.5) is 0 Å². The summed E-state index contributed by atoms with van der Waals surface area (Å²) >= 11 is 0. The molecule has 0 aliphatic carbocycles. The third-order valence-electron chi connectivity index (χ3n) is 1.87. The molecule has 1 amide bonds. The fourth-order valence-corrected chi connectivity index (χ4v) is 0.851. The molecule has 1 N–H and O–H groups in total. The molecule has 0 fully saturated rings. The maximum absolute atomic E-state index is 11.1. The lowest BCUT2D eigenvalue weighted by atomic mass is 9.99. The van der Waals surface area contributed by atoms with E-state index in [0.29, 0.717) is 0 Å². The number of carbonyl (C=O) groups excluding carboxylic acids is 1. The van der Waals surface area contributed by atoms with Gasteiger partial charge in [-0.25, -0.2) is 0 Å². The summed E-state index contributed by atoms with van der Waals surface area (Å²) in [4.78, 5) is 13.8. The van der Waals surface area contributed by atoms with Crippen LogP contribution in [-0.4, -0.2) is 19.0 Å². The molecule has 0 spiro atoms. The minimum atomic E-state index is -0.579. The second-order valence-electron chi connectivity index (χ2n) is 2.65. The van der Waals surface area contributed by atoms with Gasteiger partial charge in [-0.2, -0.15) is 0 Å². The van der Waals surface area contributed by atoms with Crippen molar-refractivity contribution < 1.29 is 4.79 Å². The molecule has 0 heterocycles. The molecule has 68 valence electrons. The summed E-state index contributed by atoms with van der Waals surface area (Å²) in [6.45, 7) is 3.84. The van der Waals surface area contributed by atoms with Crippen LogP contribution < -0.4 is 5.32 Å². The van der Waals surface area contributed by atoms with Crippen molar-refractivity contribution in [3.05, 3.63) is 10.4 Å². The molecular formula is C7H14N4O. The number of hydrogen-bond donors (Lipinski definition) is 1. The fourth-order valence-electron chi connectivity index (χ4n) is 0.851. The summed E-state index contributed by atoms with van der Waals surface area (Å²) in [5, 5.41) is 5.90. The van der Waals surface area contributed by atoms with Crippen LogP contribution >= 0.6 is 0 Å². The van der Waals surface area contributed by atoms with Gasteiger partial charge in [-0.1, -0.05) is 25.4 Å². The number of nitrogens with one attached hydrogen (secondary N) is 1. The largest absolute Gasteiger partial charge is 0.359 e. The van der Waals surface area contributed by atoms with Gasteiger partial charge in [0, 0.05) is 12.0 Å². The molecule has 0 rings (SSSR count). The topological polar surface area (TPSA) is 77.9 Å². The molecule has 12 heavy (non-hydrogen) atoms. The molecule has 0 aromatic rings. The van der Waals surface area contributed by atoms with Crippen LogP contribution in [0.5, 0.6) is 0 Å². The van der Waals surface area contributed by atoms with E-state index in [1.54, 1.807) is 0 Å². The maximum Gasteiger partial charge on any atom is 0.229 e. The molecule has 0 aromatic carbocycles. The average Bonchev–Trinajstić information content (AvgIpc) is 2.11. The lowest BCUT2D eigenvalue weighted by Crippen LogP contribution is -2.34. The molecule has 2 atom stereocenters. The molecule has 0 aromatic heterocycles. The van der Waals surface area contributed by atoms with E-state index in [-0.39, 0.29) is 11.8 Å². The van der Waals surface area contributed by atoms with Crippen molar-refractivity contribution in [3.8, 4) is 0 Å². The van der Waals surface area contributed by atoms with Crippen molar-refractivity contribution in [1.82, 2.24) is 5.32 Å². The van der Waals surface area contributed by atoms with E-state index in [4.69, 9.17) is 5.53 Å². The quantitative estimate of drug-likeness (QED) is 0.387. The third-order valence-corrected chi connectivity index (χ3v) is 1.87. The van der Waals surface area contributed by atoms with Crippen LogP contribution in [0.1, 0.15) is 20.3 Å². The van der Waals surface area contributed by atoms with E-state index in [1.165, 1.54) is 7.05 Å². The second kappa shape index (κ2) is 5.43. The maximum atomic E-state index is 11.1. The molecule has 0 aliphatic rings. The van der Waals surface area contributed by atoms with Crippen LogP contribution in [0.3, 0.4) is 0 Å². The number of rotatable bonds is 4. The minimum absolute atomic E-state index is 0.0841. The van der Waals surface area contributed by atoms with Gasteiger partial charge in [-0.3, -0.25) is 4.79 Å². The number of amides is 1. The zero-order chi connectivity index (χ0) is 9.56. The zero-order valence-electron chi connectivity index (χ0n) is 7.61. The summed E-state index contributed by atoms with van der Waals surface area (Å²) in [5.74, 6) is -0.136. The molecular weight excluding hydrogens is 156 g/mol. The molecule has 1 unspecified atom stereocenters. The van der Waals surface area contributed by atoms with Gasteiger partial charge >= 0.3 is 0 Å². The van der Waals surface area contributed by atoms with Crippen LogP contribution in [0.2, 0.25) is 0 Å². The van der Waals surface area contributed by atoms with Crippen LogP contribution in [-0.2, 0) is 4.79 Å². The van der Waals surface area contributed by atoms with Gasteiger partial charge in [0.25, 0.3) is 0 Å². The van der Waals surface area contributed by atoms with Crippen molar-refractivity contribution in [3.63, 3.8) is 0 Å². The Kier molecular flexibility index (Phi) is 4.88. The van der Waals surface area contributed by atoms with Gasteiger partial charge in [0.1, 0.15) is 6.04 Å². The number of nitrogens with zero attached hydrogens (tertiary/aromatic N) is 3. The van der Waals surface area contributed by atoms with E-state index >= 15 is 0 Å². The van der Waals surface area contributed by atoms with Gasteiger partial charge in [-0.05, 0) is 11.4 Å². The smallest absolute Gasteiger partial charge is 0.229 e. The Bertz CT molecular complexity index is 198.